The molecule has 2 saturated heterocycles. The van der Waals surface area contributed by atoms with Gasteiger partial charge in [-0.2, -0.15) is 0 Å². The van der Waals surface area contributed by atoms with Gasteiger partial charge in [-0.05, 0) is 46.1 Å². The molecule has 4 heterocycles. The molecular formula is C18H26N4OS. The summed E-state index contributed by atoms with van der Waals surface area (Å²) in [4.78, 5) is 9.71. The van der Waals surface area contributed by atoms with Crippen molar-refractivity contribution in [1.82, 2.24) is 19.9 Å². The fourth-order valence-electron chi connectivity index (χ4n) is 4.38. The second kappa shape index (κ2) is 6.58. The predicted molar refractivity (Wildman–Crippen MR) is 95.0 cm³/mol. The molecule has 5 nitrogen and oxygen atoms in total. The SMILES string of the molecule is Cc1noc(C)c1CN1CCCC12CCN(Cc1nccs1)CC2. The fraction of sp³-hybridized carbons (Fsp3) is 0.667. The van der Waals surface area contributed by atoms with Crippen LogP contribution in [0.2, 0.25) is 0 Å². The Morgan fingerprint density at radius 3 is 2.67 bits per heavy atom. The number of aryl methyl sites for hydroxylation is 2. The Hall–Kier alpha value is -1.24. The Labute approximate surface area is 147 Å². The average molecular weight is 346 g/mol. The topological polar surface area (TPSA) is 45.4 Å². The van der Waals surface area contributed by atoms with E-state index in [1.165, 1.54) is 55.9 Å². The van der Waals surface area contributed by atoms with E-state index < -0.39 is 0 Å². The van der Waals surface area contributed by atoms with Gasteiger partial charge in [0.25, 0.3) is 0 Å². The van der Waals surface area contributed by atoms with Gasteiger partial charge in [0.15, 0.2) is 0 Å². The van der Waals surface area contributed by atoms with Gasteiger partial charge < -0.3 is 4.52 Å². The standard InChI is InChI=1S/C18H26N4OS/c1-14-16(15(2)23-20-14)12-22-8-3-4-18(22)5-9-21(10-6-18)13-17-19-7-11-24-17/h7,11H,3-6,8-10,12-13H2,1-2H3. The van der Waals surface area contributed by atoms with Gasteiger partial charge in [0, 0.05) is 42.3 Å². The lowest BCUT2D eigenvalue weighted by molar-refractivity contribution is 0.0446. The summed E-state index contributed by atoms with van der Waals surface area (Å²) in [6, 6.07) is 0. The molecule has 0 amide bonds. The molecule has 2 fully saturated rings. The molecule has 2 aliphatic heterocycles. The van der Waals surface area contributed by atoms with Crippen LogP contribution in [-0.2, 0) is 13.1 Å². The van der Waals surface area contributed by atoms with Gasteiger partial charge >= 0.3 is 0 Å². The summed E-state index contributed by atoms with van der Waals surface area (Å²) in [7, 11) is 0. The monoisotopic (exact) mass is 346 g/mol. The van der Waals surface area contributed by atoms with Gasteiger partial charge in [-0.3, -0.25) is 9.80 Å². The largest absolute Gasteiger partial charge is 0.361 e. The average Bonchev–Trinajstić information content (AvgIpc) is 3.29. The van der Waals surface area contributed by atoms with Crippen LogP contribution in [-0.4, -0.2) is 45.1 Å². The van der Waals surface area contributed by atoms with Gasteiger partial charge in [-0.25, -0.2) is 4.98 Å². The molecule has 0 radical (unpaired) electrons. The zero-order valence-electron chi connectivity index (χ0n) is 14.6. The predicted octanol–water partition coefficient (Wildman–Crippen LogP) is 3.38. The molecule has 6 heteroatoms. The maximum Gasteiger partial charge on any atom is 0.138 e. The fourth-order valence-corrected chi connectivity index (χ4v) is 5.03. The second-order valence-electron chi connectivity index (χ2n) is 7.25. The molecule has 1 spiro atoms. The molecule has 0 aliphatic carbocycles. The van der Waals surface area contributed by atoms with Gasteiger partial charge in [0.2, 0.25) is 0 Å². The first-order chi connectivity index (χ1) is 11.7. The molecule has 2 aromatic rings. The third-order valence-corrected chi connectivity index (χ3v) is 6.66. The number of thiazole rings is 1. The van der Waals surface area contributed by atoms with Crippen LogP contribution in [0.5, 0.6) is 0 Å². The molecular weight excluding hydrogens is 320 g/mol. The molecule has 24 heavy (non-hydrogen) atoms. The lowest BCUT2D eigenvalue weighted by Gasteiger charge is -2.45. The van der Waals surface area contributed by atoms with E-state index >= 15 is 0 Å². The molecule has 4 rings (SSSR count). The van der Waals surface area contributed by atoms with Crippen LogP contribution >= 0.6 is 11.3 Å². The molecule has 0 N–H and O–H groups in total. The van der Waals surface area contributed by atoms with Crippen LogP contribution in [0.15, 0.2) is 16.1 Å². The minimum atomic E-state index is 0.384. The summed E-state index contributed by atoms with van der Waals surface area (Å²) in [5.74, 6) is 0.982. The first-order valence-electron chi connectivity index (χ1n) is 8.94. The smallest absolute Gasteiger partial charge is 0.138 e. The summed E-state index contributed by atoms with van der Waals surface area (Å²) < 4.78 is 5.37. The summed E-state index contributed by atoms with van der Waals surface area (Å²) >= 11 is 1.77. The Morgan fingerprint density at radius 2 is 2.00 bits per heavy atom. The lowest BCUT2D eigenvalue weighted by Crippen LogP contribution is -2.51. The first-order valence-corrected chi connectivity index (χ1v) is 9.82. The van der Waals surface area contributed by atoms with Crippen molar-refractivity contribution in [3.05, 3.63) is 33.6 Å². The van der Waals surface area contributed by atoms with Crippen molar-refractivity contribution in [2.45, 2.75) is 58.2 Å². The highest BCUT2D eigenvalue weighted by Gasteiger charge is 2.43. The van der Waals surface area contributed by atoms with Crippen LogP contribution < -0.4 is 0 Å². The van der Waals surface area contributed by atoms with Crippen LogP contribution in [0, 0.1) is 13.8 Å². The molecule has 2 aromatic heterocycles. The molecule has 0 bridgehead atoms. The lowest BCUT2D eigenvalue weighted by atomic mass is 9.84. The van der Waals surface area contributed by atoms with Crippen LogP contribution in [0.1, 0.15) is 47.7 Å². The van der Waals surface area contributed by atoms with Crippen LogP contribution in [0.25, 0.3) is 0 Å². The molecule has 0 aromatic carbocycles. The van der Waals surface area contributed by atoms with Crippen molar-refractivity contribution >= 4 is 11.3 Å². The van der Waals surface area contributed by atoms with E-state index in [9.17, 15) is 0 Å². The summed E-state index contributed by atoms with van der Waals surface area (Å²) in [6.45, 7) is 9.66. The van der Waals surface area contributed by atoms with Gasteiger partial charge in [0.1, 0.15) is 10.8 Å². The van der Waals surface area contributed by atoms with Crippen molar-refractivity contribution in [2.75, 3.05) is 19.6 Å². The number of hydrogen-bond acceptors (Lipinski definition) is 6. The van der Waals surface area contributed by atoms with Gasteiger partial charge in [0.05, 0.1) is 12.2 Å². The number of aromatic nitrogens is 2. The zero-order chi connectivity index (χ0) is 16.6. The van der Waals surface area contributed by atoms with E-state index in [1.807, 2.05) is 13.1 Å². The Bertz CT molecular complexity index is 654. The Kier molecular flexibility index (Phi) is 4.45. The van der Waals surface area contributed by atoms with E-state index in [1.54, 1.807) is 11.3 Å². The highest BCUT2D eigenvalue weighted by molar-refractivity contribution is 7.09. The summed E-state index contributed by atoms with van der Waals surface area (Å²) in [5.41, 5.74) is 2.73. The van der Waals surface area contributed by atoms with Crippen molar-refractivity contribution in [3.8, 4) is 0 Å². The molecule has 2 aliphatic rings. The van der Waals surface area contributed by atoms with Gasteiger partial charge in [-0.15, -0.1) is 11.3 Å². The quantitative estimate of drug-likeness (QED) is 0.849. The summed E-state index contributed by atoms with van der Waals surface area (Å²) in [5, 5.41) is 7.44. The second-order valence-corrected chi connectivity index (χ2v) is 8.23. The number of rotatable bonds is 4. The van der Waals surface area contributed by atoms with Gasteiger partial charge in [-0.1, -0.05) is 5.16 Å². The number of nitrogens with zero attached hydrogens (tertiary/aromatic N) is 4. The third kappa shape index (κ3) is 3.03. The van der Waals surface area contributed by atoms with Crippen molar-refractivity contribution in [3.63, 3.8) is 0 Å². The highest BCUT2D eigenvalue weighted by atomic mass is 32.1. The number of hydrogen-bond donors (Lipinski definition) is 0. The van der Waals surface area contributed by atoms with Crippen LogP contribution in [0.4, 0.5) is 0 Å². The Morgan fingerprint density at radius 1 is 1.17 bits per heavy atom. The van der Waals surface area contributed by atoms with E-state index in [2.05, 4.69) is 32.2 Å². The molecule has 130 valence electrons. The normalized spacial score (nSPS) is 21.8. The minimum absolute atomic E-state index is 0.384. The van der Waals surface area contributed by atoms with Crippen LogP contribution in [0.3, 0.4) is 0 Å². The van der Waals surface area contributed by atoms with E-state index in [0.717, 1.165) is 24.5 Å². The molecule has 0 saturated carbocycles. The number of likely N-dealkylation sites (tertiary alicyclic amines) is 2. The number of piperidine rings is 1. The summed E-state index contributed by atoms with van der Waals surface area (Å²) in [6.07, 6.45) is 7.09. The maximum atomic E-state index is 5.37. The Balaban J connectivity index is 1.41. The first kappa shape index (κ1) is 16.2. The van der Waals surface area contributed by atoms with Crippen molar-refractivity contribution < 1.29 is 4.52 Å². The van der Waals surface area contributed by atoms with E-state index in [0.29, 0.717) is 5.54 Å². The van der Waals surface area contributed by atoms with Crippen molar-refractivity contribution in [1.29, 1.82) is 0 Å². The van der Waals surface area contributed by atoms with E-state index in [-0.39, 0.29) is 0 Å². The molecule has 0 atom stereocenters. The third-order valence-electron chi connectivity index (χ3n) is 5.90. The highest BCUT2D eigenvalue weighted by Crippen LogP contribution is 2.40. The van der Waals surface area contributed by atoms with Crippen molar-refractivity contribution in [2.24, 2.45) is 0 Å². The zero-order valence-corrected chi connectivity index (χ0v) is 15.4. The molecule has 0 unspecified atom stereocenters. The maximum absolute atomic E-state index is 5.37. The van der Waals surface area contributed by atoms with E-state index in [4.69, 9.17) is 4.52 Å². The minimum Gasteiger partial charge on any atom is -0.361 e.